The summed E-state index contributed by atoms with van der Waals surface area (Å²) in [6.07, 6.45) is 2.50. The molecule has 0 aliphatic carbocycles. The number of hydrogen-bond donors (Lipinski definition) is 1. The first-order valence-corrected chi connectivity index (χ1v) is 7.77. The third-order valence-corrected chi connectivity index (χ3v) is 3.69. The molecule has 0 aromatic heterocycles. The highest BCUT2D eigenvalue weighted by Crippen LogP contribution is 2.27. The van der Waals surface area contributed by atoms with Crippen LogP contribution in [0.2, 0.25) is 5.02 Å². The fourth-order valence-electron chi connectivity index (χ4n) is 2.36. The van der Waals surface area contributed by atoms with Crippen LogP contribution in [0.1, 0.15) is 16.7 Å². The highest BCUT2D eigenvalue weighted by molar-refractivity contribution is 6.34. The minimum absolute atomic E-state index is 0.0716. The summed E-state index contributed by atoms with van der Waals surface area (Å²) in [4.78, 5) is 12.1. The Hall–Kier alpha value is -2.26. The summed E-state index contributed by atoms with van der Waals surface area (Å²) in [6.45, 7) is 7.53. The number of aryl methyl sites for hydroxylation is 2. The fraction of sp³-hybridized carbons (Fsp3) is 0.211. The van der Waals surface area contributed by atoms with Gasteiger partial charge in [0.1, 0.15) is 5.75 Å². The van der Waals surface area contributed by atoms with Crippen LogP contribution in [0.5, 0.6) is 5.75 Å². The molecule has 23 heavy (non-hydrogen) atoms. The third kappa shape index (κ3) is 4.60. The van der Waals surface area contributed by atoms with Crippen molar-refractivity contribution in [2.45, 2.75) is 20.3 Å². The van der Waals surface area contributed by atoms with Crippen LogP contribution in [0.25, 0.3) is 0 Å². The van der Waals surface area contributed by atoms with Gasteiger partial charge in [0.15, 0.2) is 6.61 Å². The Bertz CT molecular complexity index is 702. The molecule has 0 heterocycles. The molecular weight excluding hydrogens is 310 g/mol. The second-order valence-electron chi connectivity index (χ2n) is 5.38. The van der Waals surface area contributed by atoms with E-state index in [-0.39, 0.29) is 12.5 Å². The number of benzene rings is 2. The molecule has 0 unspecified atom stereocenters. The first kappa shape index (κ1) is 17.1. The number of allylic oxidation sites excluding steroid dienone is 1. The lowest BCUT2D eigenvalue weighted by Crippen LogP contribution is -2.21. The maximum Gasteiger partial charge on any atom is 0.262 e. The standard InChI is InChI=1S/C19H20ClNO2/c1-4-7-15-8-5-6-9-17(15)23-12-18(22)21-19-14(3)10-13(2)11-16(19)20/h4-6,8-11H,1,7,12H2,2-3H3,(H,21,22). The minimum Gasteiger partial charge on any atom is -0.483 e. The van der Waals surface area contributed by atoms with E-state index in [4.69, 9.17) is 16.3 Å². The molecular formula is C19H20ClNO2. The summed E-state index contributed by atoms with van der Waals surface area (Å²) in [6, 6.07) is 11.4. The predicted octanol–water partition coefficient (Wildman–Crippen LogP) is 4.70. The highest BCUT2D eigenvalue weighted by Gasteiger charge is 2.11. The number of anilines is 1. The largest absolute Gasteiger partial charge is 0.483 e. The Morgan fingerprint density at radius 1 is 1.30 bits per heavy atom. The zero-order valence-corrected chi connectivity index (χ0v) is 14.1. The first-order valence-electron chi connectivity index (χ1n) is 7.39. The SMILES string of the molecule is C=CCc1ccccc1OCC(=O)Nc1c(C)cc(C)cc1Cl. The number of ether oxygens (including phenoxy) is 1. The lowest BCUT2D eigenvalue weighted by molar-refractivity contribution is -0.118. The summed E-state index contributed by atoms with van der Waals surface area (Å²) in [5, 5.41) is 3.34. The summed E-state index contributed by atoms with van der Waals surface area (Å²) in [5.74, 6) is 0.446. The molecule has 0 saturated carbocycles. The van der Waals surface area contributed by atoms with Crippen LogP contribution in [-0.2, 0) is 11.2 Å². The van der Waals surface area contributed by atoms with E-state index >= 15 is 0 Å². The van der Waals surface area contributed by atoms with E-state index in [2.05, 4.69) is 11.9 Å². The molecule has 2 rings (SSSR count). The number of nitrogens with one attached hydrogen (secondary N) is 1. The smallest absolute Gasteiger partial charge is 0.262 e. The molecule has 0 bridgehead atoms. The zero-order valence-electron chi connectivity index (χ0n) is 13.4. The molecule has 4 heteroatoms. The Balaban J connectivity index is 2.03. The number of halogens is 1. The van der Waals surface area contributed by atoms with E-state index in [1.165, 1.54) is 0 Å². The fourth-order valence-corrected chi connectivity index (χ4v) is 2.73. The Morgan fingerprint density at radius 2 is 2.04 bits per heavy atom. The van der Waals surface area contributed by atoms with Crippen LogP contribution in [0.15, 0.2) is 49.1 Å². The summed E-state index contributed by atoms with van der Waals surface area (Å²) >= 11 is 6.20. The van der Waals surface area contributed by atoms with Gasteiger partial charge in [0, 0.05) is 0 Å². The van der Waals surface area contributed by atoms with E-state index in [1.54, 1.807) is 6.08 Å². The highest BCUT2D eigenvalue weighted by atomic mass is 35.5. The van der Waals surface area contributed by atoms with Gasteiger partial charge in [-0.2, -0.15) is 0 Å². The summed E-state index contributed by atoms with van der Waals surface area (Å²) in [5.41, 5.74) is 3.61. The van der Waals surface area contributed by atoms with E-state index in [9.17, 15) is 4.79 Å². The molecule has 0 aliphatic heterocycles. The van der Waals surface area contributed by atoms with Crippen LogP contribution in [0, 0.1) is 13.8 Å². The van der Waals surface area contributed by atoms with E-state index < -0.39 is 0 Å². The average Bonchev–Trinajstić information content (AvgIpc) is 2.50. The molecule has 0 spiro atoms. The van der Waals surface area contributed by atoms with Crippen molar-refractivity contribution in [1.82, 2.24) is 0 Å². The van der Waals surface area contributed by atoms with Gasteiger partial charge in [-0.15, -0.1) is 6.58 Å². The van der Waals surface area contributed by atoms with Gasteiger partial charge >= 0.3 is 0 Å². The van der Waals surface area contributed by atoms with Gasteiger partial charge in [-0.3, -0.25) is 4.79 Å². The van der Waals surface area contributed by atoms with Gasteiger partial charge in [-0.25, -0.2) is 0 Å². The van der Waals surface area contributed by atoms with Gasteiger partial charge in [0.2, 0.25) is 0 Å². The third-order valence-electron chi connectivity index (χ3n) is 3.39. The number of amides is 1. The van der Waals surface area contributed by atoms with E-state index in [0.717, 1.165) is 16.7 Å². The molecule has 0 atom stereocenters. The normalized spacial score (nSPS) is 10.2. The van der Waals surface area contributed by atoms with Crippen LogP contribution >= 0.6 is 11.6 Å². The number of para-hydroxylation sites is 1. The van der Waals surface area contributed by atoms with Crippen LogP contribution in [0.4, 0.5) is 5.69 Å². The van der Waals surface area contributed by atoms with Gasteiger partial charge in [0.25, 0.3) is 5.91 Å². The van der Waals surface area contributed by atoms with Crippen molar-refractivity contribution in [3.8, 4) is 5.75 Å². The summed E-state index contributed by atoms with van der Waals surface area (Å²) in [7, 11) is 0. The second-order valence-corrected chi connectivity index (χ2v) is 5.78. The molecule has 3 nitrogen and oxygen atoms in total. The lowest BCUT2D eigenvalue weighted by Gasteiger charge is -2.13. The first-order chi connectivity index (χ1) is 11.0. The monoisotopic (exact) mass is 329 g/mol. The molecule has 1 amide bonds. The molecule has 0 saturated heterocycles. The zero-order chi connectivity index (χ0) is 16.8. The molecule has 2 aromatic rings. The Kier molecular flexibility index (Phi) is 5.83. The maximum absolute atomic E-state index is 12.1. The number of hydrogen-bond acceptors (Lipinski definition) is 2. The second kappa shape index (κ2) is 7.84. The quantitative estimate of drug-likeness (QED) is 0.780. The van der Waals surface area contributed by atoms with Crippen LogP contribution in [-0.4, -0.2) is 12.5 Å². The van der Waals surface area contributed by atoms with Crippen LogP contribution < -0.4 is 10.1 Å². The van der Waals surface area contributed by atoms with Crippen molar-refractivity contribution in [3.63, 3.8) is 0 Å². The Morgan fingerprint density at radius 3 is 2.74 bits per heavy atom. The van der Waals surface area contributed by atoms with Crippen LogP contribution in [0.3, 0.4) is 0 Å². The lowest BCUT2D eigenvalue weighted by atomic mass is 10.1. The minimum atomic E-state index is -0.243. The Labute approximate surface area is 141 Å². The van der Waals surface area contributed by atoms with Gasteiger partial charge in [-0.05, 0) is 49.1 Å². The van der Waals surface area contributed by atoms with Crippen molar-refractivity contribution < 1.29 is 9.53 Å². The predicted molar refractivity (Wildman–Crippen MR) is 95.4 cm³/mol. The van der Waals surface area contributed by atoms with E-state index in [0.29, 0.717) is 22.9 Å². The molecule has 120 valence electrons. The van der Waals surface area contributed by atoms with Gasteiger partial charge < -0.3 is 10.1 Å². The molecule has 0 fully saturated rings. The van der Waals surface area contributed by atoms with E-state index in [1.807, 2.05) is 50.2 Å². The summed E-state index contributed by atoms with van der Waals surface area (Å²) < 4.78 is 5.62. The van der Waals surface area contributed by atoms with Crippen molar-refractivity contribution in [2.75, 3.05) is 11.9 Å². The number of carbonyl (C=O) groups is 1. The molecule has 2 aromatic carbocycles. The van der Waals surface area contributed by atoms with Crippen molar-refractivity contribution in [3.05, 3.63) is 70.8 Å². The number of rotatable bonds is 6. The van der Waals surface area contributed by atoms with Crippen molar-refractivity contribution in [2.24, 2.45) is 0 Å². The van der Waals surface area contributed by atoms with Crippen molar-refractivity contribution in [1.29, 1.82) is 0 Å². The van der Waals surface area contributed by atoms with Crippen molar-refractivity contribution >= 4 is 23.2 Å². The maximum atomic E-state index is 12.1. The van der Waals surface area contributed by atoms with Gasteiger partial charge in [0.05, 0.1) is 10.7 Å². The molecule has 0 radical (unpaired) electrons. The topological polar surface area (TPSA) is 38.3 Å². The number of carbonyl (C=O) groups excluding carboxylic acids is 1. The average molecular weight is 330 g/mol. The molecule has 0 aliphatic rings. The molecule has 1 N–H and O–H groups in total. The van der Waals surface area contributed by atoms with Gasteiger partial charge in [-0.1, -0.05) is 41.9 Å².